The van der Waals surface area contributed by atoms with Crippen LogP contribution >= 0.6 is 0 Å². The van der Waals surface area contributed by atoms with Crippen molar-refractivity contribution < 1.29 is 22.6 Å². The quantitative estimate of drug-likeness (QED) is 0.726. The van der Waals surface area contributed by atoms with E-state index in [4.69, 9.17) is 9.47 Å². The van der Waals surface area contributed by atoms with Crippen molar-refractivity contribution in [2.75, 3.05) is 20.8 Å². The van der Waals surface area contributed by atoms with Gasteiger partial charge in [-0.05, 0) is 55.0 Å². The SMILES string of the molecule is COC1CCCC(NCc2ccc3c(c2)C(C(F)(F)F)OCC3)(c2ccccc2)N1C. The number of likely N-dealkylation sites (tertiary alicyclic amines) is 1. The number of rotatable bonds is 5. The number of halogens is 3. The second-order valence-electron chi connectivity index (χ2n) is 8.35. The molecule has 0 spiro atoms. The molecule has 3 unspecified atom stereocenters. The molecule has 1 N–H and O–H groups in total. The van der Waals surface area contributed by atoms with Crippen molar-refractivity contribution in [2.45, 2.75) is 56.4 Å². The maximum absolute atomic E-state index is 13.5. The molecule has 31 heavy (non-hydrogen) atoms. The second kappa shape index (κ2) is 8.90. The third-order valence-electron chi connectivity index (χ3n) is 6.58. The van der Waals surface area contributed by atoms with Gasteiger partial charge in [0.15, 0.2) is 6.10 Å². The van der Waals surface area contributed by atoms with Crippen molar-refractivity contribution in [1.29, 1.82) is 0 Å². The van der Waals surface area contributed by atoms with Crippen LogP contribution < -0.4 is 5.32 Å². The molecular weight excluding hydrogens is 405 g/mol. The number of hydrogen-bond acceptors (Lipinski definition) is 4. The Morgan fingerprint density at radius 2 is 1.97 bits per heavy atom. The van der Waals surface area contributed by atoms with Crippen molar-refractivity contribution in [3.05, 3.63) is 70.8 Å². The minimum atomic E-state index is -4.41. The highest BCUT2D eigenvalue weighted by molar-refractivity contribution is 5.36. The number of hydrogen-bond donors (Lipinski definition) is 1. The zero-order chi connectivity index (χ0) is 22.1. The van der Waals surface area contributed by atoms with E-state index in [9.17, 15) is 13.2 Å². The van der Waals surface area contributed by atoms with Crippen LogP contribution in [0, 0.1) is 0 Å². The van der Waals surface area contributed by atoms with Crippen molar-refractivity contribution in [3.8, 4) is 0 Å². The standard InChI is InChI=1S/C24H29F3N2O2/c1-29-21(30-2)9-6-13-23(29,19-7-4-3-5-8-19)28-16-17-10-11-18-12-14-31-22(20(18)15-17)24(25,26)27/h3-5,7-8,10-11,15,21-22,28H,6,9,12-14,16H2,1-2H3. The molecule has 3 atom stereocenters. The van der Waals surface area contributed by atoms with Crippen molar-refractivity contribution in [2.24, 2.45) is 0 Å². The topological polar surface area (TPSA) is 33.7 Å². The molecule has 2 aromatic rings. The monoisotopic (exact) mass is 434 g/mol. The van der Waals surface area contributed by atoms with Gasteiger partial charge >= 0.3 is 6.18 Å². The van der Waals surface area contributed by atoms with E-state index in [2.05, 4.69) is 22.3 Å². The summed E-state index contributed by atoms with van der Waals surface area (Å²) in [6.45, 7) is 0.530. The fraction of sp³-hybridized carbons (Fsp3) is 0.500. The molecule has 0 bridgehead atoms. The van der Waals surface area contributed by atoms with Crippen molar-refractivity contribution >= 4 is 0 Å². The minimum Gasteiger partial charge on any atom is -0.366 e. The first kappa shape index (κ1) is 22.3. The van der Waals surface area contributed by atoms with E-state index >= 15 is 0 Å². The molecule has 2 aliphatic rings. The molecule has 2 aromatic carbocycles. The second-order valence-corrected chi connectivity index (χ2v) is 8.35. The summed E-state index contributed by atoms with van der Waals surface area (Å²) in [6.07, 6.45) is -3.00. The van der Waals surface area contributed by atoms with Gasteiger partial charge < -0.3 is 9.47 Å². The average Bonchev–Trinajstić information content (AvgIpc) is 2.78. The lowest BCUT2D eigenvalue weighted by Crippen LogP contribution is -2.60. The summed E-state index contributed by atoms with van der Waals surface area (Å²) in [5.74, 6) is 0. The zero-order valence-electron chi connectivity index (χ0n) is 17.9. The zero-order valence-corrected chi connectivity index (χ0v) is 17.9. The molecule has 0 aliphatic carbocycles. The predicted octanol–water partition coefficient (Wildman–Crippen LogP) is 4.89. The summed E-state index contributed by atoms with van der Waals surface area (Å²) in [6, 6.07) is 15.5. The maximum Gasteiger partial charge on any atom is 0.418 e. The van der Waals surface area contributed by atoms with Gasteiger partial charge in [-0.15, -0.1) is 0 Å². The largest absolute Gasteiger partial charge is 0.418 e. The maximum atomic E-state index is 13.5. The van der Waals surface area contributed by atoms with Crippen LogP contribution in [0.15, 0.2) is 48.5 Å². The van der Waals surface area contributed by atoms with E-state index < -0.39 is 17.9 Å². The number of fused-ring (bicyclic) bond motifs is 1. The van der Waals surface area contributed by atoms with E-state index in [1.54, 1.807) is 13.2 Å². The van der Waals surface area contributed by atoms with E-state index in [1.165, 1.54) is 0 Å². The number of methoxy groups -OCH3 is 1. The highest BCUT2D eigenvalue weighted by atomic mass is 19.4. The van der Waals surface area contributed by atoms with Crippen LogP contribution in [0.5, 0.6) is 0 Å². The Morgan fingerprint density at radius 3 is 2.68 bits per heavy atom. The third-order valence-corrected chi connectivity index (χ3v) is 6.58. The lowest BCUT2D eigenvalue weighted by atomic mass is 9.87. The summed E-state index contributed by atoms with van der Waals surface area (Å²) < 4.78 is 51.2. The summed E-state index contributed by atoms with van der Waals surface area (Å²) >= 11 is 0. The first-order chi connectivity index (χ1) is 14.8. The van der Waals surface area contributed by atoms with Gasteiger partial charge in [0.05, 0.1) is 12.3 Å². The molecule has 4 nitrogen and oxygen atoms in total. The van der Waals surface area contributed by atoms with Crippen molar-refractivity contribution in [1.82, 2.24) is 10.2 Å². The van der Waals surface area contributed by atoms with Crippen LogP contribution in [-0.2, 0) is 28.1 Å². The van der Waals surface area contributed by atoms with Gasteiger partial charge in [-0.25, -0.2) is 0 Å². The Kier molecular flexibility index (Phi) is 6.40. The molecule has 2 aliphatic heterocycles. The average molecular weight is 435 g/mol. The van der Waals surface area contributed by atoms with Gasteiger partial charge in [0.1, 0.15) is 6.23 Å². The van der Waals surface area contributed by atoms with Gasteiger partial charge in [-0.3, -0.25) is 10.2 Å². The minimum absolute atomic E-state index is 0.0343. The van der Waals surface area contributed by atoms with Crippen LogP contribution in [-0.4, -0.2) is 38.1 Å². The summed E-state index contributed by atoms with van der Waals surface area (Å²) in [4.78, 5) is 2.20. The fourth-order valence-corrected chi connectivity index (χ4v) is 4.92. The molecule has 0 radical (unpaired) electrons. The molecule has 7 heteroatoms. The Morgan fingerprint density at radius 1 is 1.19 bits per heavy atom. The lowest BCUT2D eigenvalue weighted by molar-refractivity contribution is -0.227. The van der Waals surface area contributed by atoms with E-state index in [0.717, 1.165) is 30.4 Å². The molecular formula is C24H29F3N2O2. The smallest absolute Gasteiger partial charge is 0.366 e. The number of piperidine rings is 1. The molecule has 0 saturated carbocycles. The Bertz CT molecular complexity index is 890. The first-order valence-electron chi connectivity index (χ1n) is 10.7. The fourth-order valence-electron chi connectivity index (χ4n) is 4.92. The molecule has 1 saturated heterocycles. The Labute approximate surface area is 181 Å². The summed E-state index contributed by atoms with van der Waals surface area (Å²) in [5.41, 5.74) is 2.41. The molecule has 0 amide bonds. The first-order valence-corrected chi connectivity index (χ1v) is 10.7. The van der Waals surface area contributed by atoms with Crippen LogP contribution in [0.25, 0.3) is 0 Å². The number of ether oxygens (including phenoxy) is 2. The van der Waals surface area contributed by atoms with Gasteiger partial charge in [0.2, 0.25) is 0 Å². The molecule has 2 heterocycles. The van der Waals surface area contributed by atoms with E-state index in [0.29, 0.717) is 18.5 Å². The van der Waals surface area contributed by atoms with Gasteiger partial charge in [0, 0.05) is 13.7 Å². The Hall–Kier alpha value is -1.93. The van der Waals surface area contributed by atoms with Gasteiger partial charge in [-0.1, -0.05) is 48.5 Å². The van der Waals surface area contributed by atoms with Crippen LogP contribution in [0.1, 0.15) is 47.6 Å². The molecule has 168 valence electrons. The van der Waals surface area contributed by atoms with Gasteiger partial charge in [-0.2, -0.15) is 13.2 Å². The van der Waals surface area contributed by atoms with E-state index in [-0.39, 0.29) is 18.4 Å². The van der Waals surface area contributed by atoms with Crippen LogP contribution in [0.4, 0.5) is 13.2 Å². The molecule has 4 rings (SSSR count). The number of alkyl halides is 3. The predicted molar refractivity (Wildman–Crippen MR) is 112 cm³/mol. The Balaban J connectivity index is 1.63. The van der Waals surface area contributed by atoms with Gasteiger partial charge in [0.25, 0.3) is 0 Å². The normalized spacial score (nSPS) is 27.1. The highest BCUT2D eigenvalue weighted by Gasteiger charge is 2.45. The number of nitrogens with one attached hydrogen (secondary N) is 1. The summed E-state index contributed by atoms with van der Waals surface area (Å²) in [5, 5.41) is 3.67. The third kappa shape index (κ3) is 4.37. The lowest BCUT2D eigenvalue weighted by Gasteiger charge is -2.50. The van der Waals surface area contributed by atoms with E-state index in [1.807, 2.05) is 37.4 Å². The van der Waals surface area contributed by atoms with Crippen LogP contribution in [0.2, 0.25) is 0 Å². The van der Waals surface area contributed by atoms with Crippen molar-refractivity contribution in [3.63, 3.8) is 0 Å². The van der Waals surface area contributed by atoms with Crippen LogP contribution in [0.3, 0.4) is 0 Å². The highest BCUT2D eigenvalue weighted by Crippen LogP contribution is 2.41. The number of nitrogens with zero attached hydrogens (tertiary/aromatic N) is 1. The summed E-state index contributed by atoms with van der Waals surface area (Å²) in [7, 11) is 3.75. The molecule has 1 fully saturated rings. The molecule has 0 aromatic heterocycles. The number of benzene rings is 2.